The second kappa shape index (κ2) is 5.96. The maximum absolute atomic E-state index is 12.9. The minimum Gasteiger partial charge on any atom is -0.398 e. The van der Waals surface area contributed by atoms with Gasteiger partial charge in [0, 0.05) is 24.0 Å². The number of aromatic nitrogens is 1. The van der Waals surface area contributed by atoms with Gasteiger partial charge in [0.1, 0.15) is 5.56 Å². The molecule has 0 saturated heterocycles. The highest BCUT2D eigenvalue weighted by Gasteiger charge is 2.27. The summed E-state index contributed by atoms with van der Waals surface area (Å²) in [5.41, 5.74) is 7.29. The Bertz CT molecular complexity index is 846. The number of hydrogen-bond acceptors (Lipinski definition) is 3. The summed E-state index contributed by atoms with van der Waals surface area (Å²) in [5, 5.41) is 3.53. The Kier molecular flexibility index (Phi) is 3.79. The van der Waals surface area contributed by atoms with Crippen molar-refractivity contribution in [3.05, 3.63) is 40.2 Å². The number of rotatable bonds is 3. The number of nitrogen functional groups attached to an aromatic ring is 1. The standard InChI is InChI=1S/C19H23N3O2/c20-15-7-4-8-16-17(15)18(23)14(11-22(16)13-9-10-13)19(24)21-12-5-2-1-3-6-12/h4,7-8,11-13H,1-3,5-6,9-10,20H2,(H,21,24). The highest BCUT2D eigenvalue weighted by molar-refractivity contribution is 6.00. The number of nitrogens with two attached hydrogens (primary N) is 1. The molecule has 5 heteroatoms. The second-order valence-electron chi connectivity index (χ2n) is 7.06. The van der Waals surface area contributed by atoms with Crippen LogP contribution < -0.4 is 16.5 Å². The average molecular weight is 325 g/mol. The van der Waals surface area contributed by atoms with Crippen LogP contribution in [0.15, 0.2) is 29.2 Å². The van der Waals surface area contributed by atoms with Crippen LogP contribution >= 0.6 is 0 Å². The molecule has 0 bridgehead atoms. The Morgan fingerprint density at radius 1 is 1.12 bits per heavy atom. The lowest BCUT2D eigenvalue weighted by atomic mass is 9.95. The van der Waals surface area contributed by atoms with Gasteiger partial charge in [-0.2, -0.15) is 0 Å². The third-order valence-electron chi connectivity index (χ3n) is 5.22. The Morgan fingerprint density at radius 3 is 2.58 bits per heavy atom. The zero-order valence-corrected chi connectivity index (χ0v) is 13.8. The lowest BCUT2D eigenvalue weighted by Gasteiger charge is -2.23. The summed E-state index contributed by atoms with van der Waals surface area (Å²) < 4.78 is 2.06. The summed E-state index contributed by atoms with van der Waals surface area (Å²) in [6.45, 7) is 0. The van der Waals surface area contributed by atoms with Gasteiger partial charge in [-0.15, -0.1) is 0 Å². The molecule has 2 fully saturated rings. The molecular weight excluding hydrogens is 302 g/mol. The molecular formula is C19H23N3O2. The van der Waals surface area contributed by atoms with Crippen LogP contribution in [0.1, 0.15) is 61.3 Å². The number of nitrogens with one attached hydrogen (secondary N) is 1. The first-order valence-electron chi connectivity index (χ1n) is 8.89. The van der Waals surface area contributed by atoms with E-state index in [1.807, 2.05) is 12.1 Å². The molecule has 0 aliphatic heterocycles. The molecule has 126 valence electrons. The quantitative estimate of drug-likeness (QED) is 0.852. The van der Waals surface area contributed by atoms with Gasteiger partial charge in [-0.3, -0.25) is 9.59 Å². The van der Waals surface area contributed by atoms with E-state index in [4.69, 9.17) is 5.73 Å². The molecule has 24 heavy (non-hydrogen) atoms. The van der Waals surface area contributed by atoms with Crippen LogP contribution in [-0.2, 0) is 0 Å². The van der Waals surface area contributed by atoms with Crippen LogP contribution in [-0.4, -0.2) is 16.5 Å². The SMILES string of the molecule is Nc1cccc2c1c(=O)c(C(=O)NC1CCCCC1)cn2C1CC1. The smallest absolute Gasteiger partial charge is 0.256 e. The second-order valence-corrected chi connectivity index (χ2v) is 7.06. The van der Waals surface area contributed by atoms with Gasteiger partial charge in [-0.05, 0) is 37.8 Å². The molecule has 0 atom stereocenters. The number of fused-ring (bicyclic) bond motifs is 1. The lowest BCUT2D eigenvalue weighted by Crippen LogP contribution is -2.38. The summed E-state index contributed by atoms with van der Waals surface area (Å²) in [7, 11) is 0. The fourth-order valence-electron chi connectivity index (χ4n) is 3.75. The third kappa shape index (κ3) is 2.68. The van der Waals surface area contributed by atoms with Gasteiger partial charge in [0.05, 0.1) is 10.9 Å². The van der Waals surface area contributed by atoms with Crippen molar-refractivity contribution in [1.29, 1.82) is 0 Å². The Labute approximate surface area is 140 Å². The molecule has 3 N–H and O–H groups in total. The van der Waals surface area contributed by atoms with Crippen LogP contribution in [0.4, 0.5) is 5.69 Å². The van der Waals surface area contributed by atoms with E-state index in [2.05, 4.69) is 9.88 Å². The lowest BCUT2D eigenvalue weighted by molar-refractivity contribution is 0.0926. The number of benzene rings is 1. The highest BCUT2D eigenvalue weighted by atomic mass is 16.2. The molecule has 5 nitrogen and oxygen atoms in total. The van der Waals surface area contributed by atoms with Gasteiger partial charge in [0.25, 0.3) is 5.91 Å². The van der Waals surface area contributed by atoms with Gasteiger partial charge >= 0.3 is 0 Å². The van der Waals surface area contributed by atoms with E-state index in [9.17, 15) is 9.59 Å². The van der Waals surface area contributed by atoms with Crippen molar-refractivity contribution in [3.8, 4) is 0 Å². The van der Waals surface area contributed by atoms with Crippen LogP contribution in [0.2, 0.25) is 0 Å². The molecule has 0 spiro atoms. The first-order valence-corrected chi connectivity index (χ1v) is 8.89. The number of pyridine rings is 1. The van der Waals surface area contributed by atoms with Gasteiger partial charge in [-0.25, -0.2) is 0 Å². The third-order valence-corrected chi connectivity index (χ3v) is 5.22. The van der Waals surface area contributed by atoms with E-state index in [1.165, 1.54) is 6.42 Å². The van der Waals surface area contributed by atoms with Crippen molar-refractivity contribution in [3.63, 3.8) is 0 Å². The Hall–Kier alpha value is -2.30. The number of carbonyl (C=O) groups is 1. The number of nitrogens with zero attached hydrogens (tertiary/aromatic N) is 1. The maximum atomic E-state index is 12.9. The highest BCUT2D eigenvalue weighted by Crippen LogP contribution is 2.37. The van der Waals surface area contributed by atoms with Crippen LogP contribution in [0.25, 0.3) is 10.9 Å². The van der Waals surface area contributed by atoms with Gasteiger partial charge < -0.3 is 15.6 Å². The van der Waals surface area contributed by atoms with Gasteiger partial charge in [0.15, 0.2) is 0 Å². The number of carbonyl (C=O) groups excluding carboxylic acids is 1. The molecule has 2 aliphatic carbocycles. The summed E-state index contributed by atoms with van der Waals surface area (Å²) in [6.07, 6.45) is 9.40. The van der Waals surface area contributed by atoms with Gasteiger partial charge in [0.2, 0.25) is 5.43 Å². The van der Waals surface area contributed by atoms with Crippen LogP contribution in [0.5, 0.6) is 0 Å². The fraction of sp³-hybridized carbons (Fsp3) is 0.474. The van der Waals surface area contributed by atoms with Crippen LogP contribution in [0, 0.1) is 0 Å². The summed E-state index contributed by atoms with van der Waals surface area (Å²) in [5.74, 6) is -0.258. The zero-order valence-electron chi connectivity index (χ0n) is 13.8. The molecule has 1 aromatic carbocycles. The van der Waals surface area contributed by atoms with E-state index in [0.29, 0.717) is 17.1 Å². The minimum atomic E-state index is -0.258. The van der Waals surface area contributed by atoms with E-state index < -0.39 is 0 Å². The van der Waals surface area contributed by atoms with E-state index in [1.54, 1.807) is 12.3 Å². The molecule has 1 heterocycles. The first-order chi connectivity index (χ1) is 11.6. The van der Waals surface area contributed by atoms with Crippen molar-refractivity contribution in [2.75, 3.05) is 5.73 Å². The average Bonchev–Trinajstić information content (AvgIpc) is 3.41. The molecule has 1 amide bonds. The fourth-order valence-corrected chi connectivity index (χ4v) is 3.75. The molecule has 0 radical (unpaired) electrons. The predicted octanol–water partition coefficient (Wildman–Crippen LogP) is 2.98. The van der Waals surface area contributed by atoms with Crippen molar-refractivity contribution >= 4 is 22.5 Å². The summed E-state index contributed by atoms with van der Waals surface area (Å²) >= 11 is 0. The minimum absolute atomic E-state index is 0.184. The molecule has 2 aliphatic rings. The molecule has 0 unspecified atom stereocenters. The van der Waals surface area contributed by atoms with Gasteiger partial charge in [-0.1, -0.05) is 25.3 Å². The Balaban J connectivity index is 1.77. The molecule has 2 saturated carbocycles. The number of hydrogen-bond donors (Lipinski definition) is 2. The topological polar surface area (TPSA) is 77.1 Å². The van der Waals surface area contributed by atoms with E-state index in [0.717, 1.165) is 44.0 Å². The Morgan fingerprint density at radius 2 is 1.88 bits per heavy atom. The number of anilines is 1. The van der Waals surface area contributed by atoms with E-state index in [-0.39, 0.29) is 22.9 Å². The van der Waals surface area contributed by atoms with Crippen molar-refractivity contribution in [2.24, 2.45) is 0 Å². The number of amides is 1. The largest absolute Gasteiger partial charge is 0.398 e. The summed E-state index contributed by atoms with van der Waals surface area (Å²) in [6, 6.07) is 6.05. The first kappa shape index (κ1) is 15.2. The monoisotopic (exact) mass is 325 g/mol. The molecule has 1 aromatic heterocycles. The predicted molar refractivity (Wildman–Crippen MR) is 95.2 cm³/mol. The normalized spacial score (nSPS) is 18.7. The zero-order chi connectivity index (χ0) is 16.7. The summed E-state index contributed by atoms with van der Waals surface area (Å²) in [4.78, 5) is 25.6. The van der Waals surface area contributed by atoms with Crippen molar-refractivity contribution in [1.82, 2.24) is 9.88 Å². The van der Waals surface area contributed by atoms with Crippen molar-refractivity contribution < 1.29 is 4.79 Å². The van der Waals surface area contributed by atoms with Crippen LogP contribution in [0.3, 0.4) is 0 Å². The molecule has 4 rings (SSSR count). The van der Waals surface area contributed by atoms with Crippen molar-refractivity contribution in [2.45, 2.75) is 57.0 Å². The van der Waals surface area contributed by atoms with E-state index >= 15 is 0 Å². The molecule has 2 aromatic rings. The maximum Gasteiger partial charge on any atom is 0.256 e.